The lowest BCUT2D eigenvalue weighted by atomic mass is 10.0. The number of hydrogen-bond donors (Lipinski definition) is 0. The zero-order valence-corrected chi connectivity index (χ0v) is 13.2. The van der Waals surface area contributed by atoms with Crippen LogP contribution >= 0.6 is 0 Å². The van der Waals surface area contributed by atoms with E-state index in [1.54, 1.807) is 25.6 Å². The minimum Gasteiger partial charge on any atom is -0.298 e. The molecule has 1 aromatic rings. The number of rotatable bonds is 3. The van der Waals surface area contributed by atoms with Gasteiger partial charge in [0.1, 0.15) is 10.7 Å². The molecule has 1 saturated heterocycles. The van der Waals surface area contributed by atoms with Gasteiger partial charge in [0.2, 0.25) is 10.0 Å². The quantitative estimate of drug-likeness (QED) is 0.840. The number of sulfonamides is 1. The molecular formula is C13H21N3O3S. The van der Waals surface area contributed by atoms with E-state index in [0.717, 1.165) is 12.8 Å². The summed E-state index contributed by atoms with van der Waals surface area (Å²) in [4.78, 5) is 12.0. The van der Waals surface area contributed by atoms with E-state index in [4.69, 9.17) is 0 Å². The Morgan fingerprint density at radius 1 is 1.30 bits per heavy atom. The first kappa shape index (κ1) is 15.2. The highest BCUT2D eigenvalue weighted by Crippen LogP contribution is 2.29. The second-order valence-electron chi connectivity index (χ2n) is 5.36. The average molecular weight is 299 g/mol. The average Bonchev–Trinajstić information content (AvgIpc) is 2.63. The fraction of sp³-hybridized carbons (Fsp3) is 0.692. The van der Waals surface area contributed by atoms with E-state index < -0.39 is 16.1 Å². The standard InChI is InChI=1S/C13H21N3O3S/c1-9-13(10(2)15(4)14-9)20(18,19)16-8-6-5-7-12(16)11(3)17/h12H,5-8H2,1-4H3. The molecule has 20 heavy (non-hydrogen) atoms. The fourth-order valence-corrected chi connectivity index (χ4v) is 4.96. The van der Waals surface area contributed by atoms with Crippen molar-refractivity contribution in [2.45, 2.75) is 51.0 Å². The molecule has 0 N–H and O–H groups in total. The highest BCUT2D eigenvalue weighted by Gasteiger charge is 2.38. The Morgan fingerprint density at radius 3 is 2.45 bits per heavy atom. The van der Waals surface area contributed by atoms with Gasteiger partial charge in [-0.05, 0) is 33.6 Å². The van der Waals surface area contributed by atoms with Crippen LogP contribution in [0.15, 0.2) is 4.90 Å². The van der Waals surface area contributed by atoms with Crippen LogP contribution < -0.4 is 0 Å². The van der Waals surface area contributed by atoms with Gasteiger partial charge in [-0.1, -0.05) is 6.42 Å². The topological polar surface area (TPSA) is 72.3 Å². The SMILES string of the molecule is CC(=O)C1CCCCN1S(=O)(=O)c1c(C)nn(C)c1C. The summed E-state index contributed by atoms with van der Waals surface area (Å²) in [5.74, 6) is -0.0903. The Morgan fingerprint density at radius 2 is 1.95 bits per heavy atom. The van der Waals surface area contributed by atoms with Crippen LogP contribution in [0, 0.1) is 13.8 Å². The number of aromatic nitrogens is 2. The van der Waals surface area contributed by atoms with Crippen LogP contribution in [0.1, 0.15) is 37.6 Å². The van der Waals surface area contributed by atoms with Crippen LogP contribution in [0.4, 0.5) is 0 Å². The van der Waals surface area contributed by atoms with Crippen LogP contribution in [0.2, 0.25) is 0 Å². The highest BCUT2D eigenvalue weighted by molar-refractivity contribution is 7.89. The molecule has 1 aromatic heterocycles. The van der Waals surface area contributed by atoms with Gasteiger partial charge in [-0.25, -0.2) is 8.42 Å². The van der Waals surface area contributed by atoms with Crippen molar-refractivity contribution in [1.29, 1.82) is 0 Å². The monoisotopic (exact) mass is 299 g/mol. The summed E-state index contributed by atoms with van der Waals surface area (Å²) < 4.78 is 28.7. The van der Waals surface area contributed by atoms with Crippen molar-refractivity contribution in [3.63, 3.8) is 0 Å². The molecule has 1 aliphatic rings. The second kappa shape index (κ2) is 5.29. The summed E-state index contributed by atoms with van der Waals surface area (Å²) in [5, 5.41) is 4.17. The van der Waals surface area contributed by atoms with Crippen molar-refractivity contribution in [3.05, 3.63) is 11.4 Å². The van der Waals surface area contributed by atoms with Gasteiger partial charge in [0.25, 0.3) is 0 Å². The van der Waals surface area contributed by atoms with Crippen LogP contribution in [-0.2, 0) is 21.9 Å². The van der Waals surface area contributed by atoms with Crippen molar-refractivity contribution in [3.8, 4) is 0 Å². The van der Waals surface area contributed by atoms with Gasteiger partial charge < -0.3 is 0 Å². The van der Waals surface area contributed by atoms with Gasteiger partial charge in [0.05, 0.1) is 17.4 Å². The molecule has 1 atom stereocenters. The predicted molar refractivity (Wildman–Crippen MR) is 74.9 cm³/mol. The molecule has 0 radical (unpaired) electrons. The molecule has 1 unspecified atom stereocenters. The predicted octanol–water partition coefficient (Wildman–Crippen LogP) is 1.17. The molecule has 1 aliphatic heterocycles. The first-order valence-corrected chi connectivity index (χ1v) is 8.23. The van der Waals surface area contributed by atoms with Gasteiger partial charge >= 0.3 is 0 Å². The van der Waals surface area contributed by atoms with Gasteiger partial charge in [-0.15, -0.1) is 0 Å². The summed E-state index contributed by atoms with van der Waals surface area (Å²) in [6.45, 7) is 5.29. The zero-order valence-electron chi connectivity index (χ0n) is 12.4. The minimum absolute atomic E-state index is 0.0903. The second-order valence-corrected chi connectivity index (χ2v) is 7.19. The molecule has 7 heteroatoms. The first-order chi connectivity index (χ1) is 9.26. The molecule has 2 heterocycles. The van der Waals surface area contributed by atoms with Crippen molar-refractivity contribution in [2.24, 2.45) is 7.05 Å². The number of hydrogen-bond acceptors (Lipinski definition) is 4. The first-order valence-electron chi connectivity index (χ1n) is 6.79. The maximum absolute atomic E-state index is 12.9. The van der Waals surface area contributed by atoms with Crippen LogP contribution in [-0.4, -0.2) is 40.9 Å². The van der Waals surface area contributed by atoms with E-state index in [-0.39, 0.29) is 10.7 Å². The van der Waals surface area contributed by atoms with E-state index in [1.165, 1.54) is 11.2 Å². The third-order valence-electron chi connectivity index (χ3n) is 3.93. The molecule has 0 bridgehead atoms. The Labute approximate surface area is 119 Å². The maximum Gasteiger partial charge on any atom is 0.247 e. The maximum atomic E-state index is 12.9. The molecule has 112 valence electrons. The van der Waals surface area contributed by atoms with E-state index in [2.05, 4.69) is 5.10 Å². The lowest BCUT2D eigenvalue weighted by molar-refractivity contribution is -0.121. The number of Topliss-reactive ketones (excluding diaryl/α,β-unsaturated/α-hetero) is 1. The van der Waals surface area contributed by atoms with Crippen molar-refractivity contribution < 1.29 is 13.2 Å². The van der Waals surface area contributed by atoms with E-state index in [0.29, 0.717) is 24.4 Å². The smallest absolute Gasteiger partial charge is 0.247 e. The van der Waals surface area contributed by atoms with E-state index in [9.17, 15) is 13.2 Å². The Hall–Kier alpha value is -1.21. The molecule has 2 rings (SSSR count). The minimum atomic E-state index is -3.67. The van der Waals surface area contributed by atoms with Crippen LogP contribution in [0.25, 0.3) is 0 Å². The van der Waals surface area contributed by atoms with Gasteiger partial charge in [0.15, 0.2) is 0 Å². The van der Waals surface area contributed by atoms with Crippen LogP contribution in [0.5, 0.6) is 0 Å². The summed E-state index contributed by atoms with van der Waals surface area (Å²) in [6.07, 6.45) is 2.29. The zero-order chi connectivity index (χ0) is 15.1. The molecule has 0 amide bonds. The number of carbonyl (C=O) groups is 1. The molecule has 0 saturated carbocycles. The number of carbonyl (C=O) groups excluding carboxylic acids is 1. The summed E-state index contributed by atoms with van der Waals surface area (Å²) in [5.41, 5.74) is 1.09. The van der Waals surface area contributed by atoms with E-state index >= 15 is 0 Å². The largest absolute Gasteiger partial charge is 0.298 e. The third kappa shape index (κ3) is 2.40. The Bertz CT molecular complexity index is 634. The Balaban J connectivity index is 2.50. The molecule has 1 fully saturated rings. The molecule has 0 aromatic carbocycles. The van der Waals surface area contributed by atoms with Crippen molar-refractivity contribution >= 4 is 15.8 Å². The Kier molecular flexibility index (Phi) is 4.02. The number of aryl methyl sites for hydroxylation is 2. The number of piperidine rings is 1. The number of ketones is 1. The fourth-order valence-electron chi connectivity index (χ4n) is 2.84. The molecular weight excluding hydrogens is 278 g/mol. The van der Waals surface area contributed by atoms with Gasteiger partial charge in [0, 0.05) is 13.6 Å². The molecule has 0 spiro atoms. The summed E-state index contributed by atoms with van der Waals surface area (Å²) in [7, 11) is -1.95. The molecule has 0 aliphatic carbocycles. The molecule has 6 nitrogen and oxygen atoms in total. The van der Waals surface area contributed by atoms with Crippen molar-refractivity contribution in [2.75, 3.05) is 6.54 Å². The summed E-state index contributed by atoms with van der Waals surface area (Å²) in [6, 6.07) is -0.534. The third-order valence-corrected chi connectivity index (χ3v) is 6.09. The van der Waals surface area contributed by atoms with Crippen molar-refractivity contribution in [1.82, 2.24) is 14.1 Å². The van der Waals surface area contributed by atoms with Gasteiger partial charge in [-0.2, -0.15) is 9.40 Å². The van der Waals surface area contributed by atoms with Gasteiger partial charge in [-0.3, -0.25) is 9.48 Å². The lowest BCUT2D eigenvalue weighted by Crippen LogP contribution is -2.47. The van der Waals surface area contributed by atoms with E-state index in [1.807, 2.05) is 0 Å². The summed E-state index contributed by atoms with van der Waals surface area (Å²) >= 11 is 0. The normalized spacial score (nSPS) is 21.1. The number of nitrogens with zero attached hydrogens (tertiary/aromatic N) is 3. The lowest BCUT2D eigenvalue weighted by Gasteiger charge is -2.33. The highest BCUT2D eigenvalue weighted by atomic mass is 32.2. The van der Waals surface area contributed by atoms with Crippen LogP contribution in [0.3, 0.4) is 0 Å².